The molecule has 1 aliphatic heterocycles. The fourth-order valence-corrected chi connectivity index (χ4v) is 5.12. The Morgan fingerprint density at radius 3 is 2.39 bits per heavy atom. The number of hydrogen-bond acceptors (Lipinski definition) is 7. The molecule has 7 nitrogen and oxygen atoms in total. The summed E-state index contributed by atoms with van der Waals surface area (Å²) in [6.07, 6.45) is -4.74. The molecular formula is C19H16F5N3O4S2. The molecule has 0 unspecified atom stereocenters. The summed E-state index contributed by atoms with van der Waals surface area (Å²) < 4.78 is 96.1. The van der Waals surface area contributed by atoms with Gasteiger partial charge in [-0.25, -0.2) is 13.4 Å². The summed E-state index contributed by atoms with van der Waals surface area (Å²) in [6, 6.07) is 3.43. The van der Waals surface area contributed by atoms with Crippen LogP contribution >= 0.6 is 11.3 Å². The number of rotatable bonds is 6. The number of nitrogens with zero attached hydrogens (tertiary/aromatic N) is 3. The lowest BCUT2D eigenvalue weighted by Crippen LogP contribution is -2.33. The van der Waals surface area contributed by atoms with Gasteiger partial charge in [0.15, 0.2) is 21.3 Å². The van der Waals surface area contributed by atoms with Gasteiger partial charge >= 0.3 is 12.1 Å². The highest BCUT2D eigenvalue weighted by Gasteiger charge is 2.60. The number of halogens is 5. The molecule has 0 aliphatic carbocycles. The summed E-state index contributed by atoms with van der Waals surface area (Å²) in [5.74, 6) is -6.86. The highest BCUT2D eigenvalue weighted by molar-refractivity contribution is 7.91. The predicted octanol–water partition coefficient (Wildman–Crippen LogP) is 4.43. The van der Waals surface area contributed by atoms with E-state index in [1.807, 2.05) is 6.07 Å². The number of sulfone groups is 1. The summed E-state index contributed by atoms with van der Waals surface area (Å²) in [6.45, 7) is 3.78. The predicted molar refractivity (Wildman–Crippen MR) is 107 cm³/mol. The minimum absolute atomic E-state index is 0.0640. The van der Waals surface area contributed by atoms with E-state index in [9.17, 15) is 35.2 Å². The first kappa shape index (κ1) is 24.8. The molecule has 0 atom stereocenters. The molecule has 2 aromatic heterocycles. The van der Waals surface area contributed by atoms with Crippen LogP contribution in [0.5, 0.6) is 5.75 Å². The van der Waals surface area contributed by atoms with Crippen molar-refractivity contribution >= 4 is 32.9 Å². The van der Waals surface area contributed by atoms with Crippen LogP contribution in [0.25, 0.3) is 0 Å². The number of ether oxygens (including phenoxy) is 1. The van der Waals surface area contributed by atoms with Crippen LogP contribution in [-0.4, -0.2) is 36.8 Å². The number of alkyl halides is 5. The number of hydrogen-bond donors (Lipinski definition) is 0. The van der Waals surface area contributed by atoms with E-state index in [1.54, 1.807) is 0 Å². The van der Waals surface area contributed by atoms with E-state index < -0.39 is 49.8 Å². The van der Waals surface area contributed by atoms with Gasteiger partial charge in [-0.05, 0) is 19.9 Å². The Morgan fingerprint density at radius 1 is 1.24 bits per heavy atom. The lowest BCUT2D eigenvalue weighted by Gasteiger charge is -2.22. The number of thiophene rings is 1. The topological polar surface area (TPSA) is 100 Å². The van der Waals surface area contributed by atoms with Crippen molar-refractivity contribution in [3.63, 3.8) is 0 Å². The Morgan fingerprint density at radius 2 is 1.88 bits per heavy atom. The summed E-state index contributed by atoms with van der Waals surface area (Å²) >= 11 is 0.121. The maximum absolute atomic E-state index is 13.7. The highest BCUT2D eigenvalue weighted by atomic mass is 32.2. The Kier molecular flexibility index (Phi) is 5.96. The summed E-state index contributed by atoms with van der Waals surface area (Å²) in [4.78, 5) is 15.9. The lowest BCUT2D eigenvalue weighted by atomic mass is 10.2. The molecular weight excluding hydrogens is 493 g/mol. The smallest absolute Gasteiger partial charge is 0.458 e. The van der Waals surface area contributed by atoms with Crippen molar-refractivity contribution < 1.29 is 39.9 Å². The van der Waals surface area contributed by atoms with Crippen molar-refractivity contribution in [2.45, 2.75) is 49.9 Å². The first-order valence-electron chi connectivity index (χ1n) is 9.26. The van der Waals surface area contributed by atoms with E-state index in [0.29, 0.717) is 6.07 Å². The molecule has 0 saturated carbocycles. The molecule has 14 heteroatoms. The number of carbonyl (C=O) groups excluding carboxylic acids is 1. The molecule has 1 amide bonds. The van der Waals surface area contributed by atoms with Gasteiger partial charge in [0.05, 0.1) is 28.9 Å². The summed E-state index contributed by atoms with van der Waals surface area (Å²) in [5.41, 5.74) is -1.70. The summed E-state index contributed by atoms with van der Waals surface area (Å²) in [7, 11) is -3.98. The number of fused-ring (bicyclic) bond motifs is 1. The van der Waals surface area contributed by atoms with Gasteiger partial charge in [-0.15, -0.1) is 11.3 Å². The maximum atomic E-state index is 13.7. The number of anilines is 1. The van der Waals surface area contributed by atoms with Crippen LogP contribution in [0.1, 0.15) is 40.9 Å². The van der Waals surface area contributed by atoms with Crippen molar-refractivity contribution in [2.75, 3.05) is 10.7 Å². The van der Waals surface area contributed by atoms with Crippen molar-refractivity contribution in [1.29, 1.82) is 5.26 Å². The van der Waals surface area contributed by atoms with Crippen molar-refractivity contribution in [3.8, 4) is 11.8 Å². The first-order chi connectivity index (χ1) is 15.0. The third-order valence-electron chi connectivity index (χ3n) is 4.67. The van der Waals surface area contributed by atoms with E-state index in [4.69, 9.17) is 10.00 Å². The molecule has 178 valence electrons. The minimum atomic E-state index is -5.83. The molecule has 0 N–H and O–H groups in total. The standard InChI is InChI=1S/C19H16F5N3O4S2/c1-4-33(29,30)13-5-10(31-17(2,3)9-25)7-26-15(13)27-8-12-11(16(27)28)6-14(32-12)18(20,21)19(22,23)24/h5-7H,4,8H2,1-3H3. The van der Waals surface area contributed by atoms with Crippen LogP contribution in [0.3, 0.4) is 0 Å². The number of nitriles is 1. The largest absolute Gasteiger partial charge is 0.471 e. The summed E-state index contributed by atoms with van der Waals surface area (Å²) in [5, 5.41) is 9.11. The van der Waals surface area contributed by atoms with E-state index in [2.05, 4.69) is 4.98 Å². The molecule has 1 aliphatic rings. The first-order valence-corrected chi connectivity index (χ1v) is 11.7. The Labute approximate surface area is 189 Å². The Hall–Kier alpha value is -2.79. The highest BCUT2D eigenvalue weighted by Crippen LogP contribution is 2.48. The lowest BCUT2D eigenvalue weighted by molar-refractivity contribution is -0.287. The molecule has 3 rings (SSSR count). The van der Waals surface area contributed by atoms with E-state index in [1.165, 1.54) is 20.8 Å². The van der Waals surface area contributed by atoms with Gasteiger partial charge in [0.1, 0.15) is 16.7 Å². The van der Waals surface area contributed by atoms with Gasteiger partial charge in [-0.3, -0.25) is 9.69 Å². The van der Waals surface area contributed by atoms with E-state index in [-0.39, 0.29) is 39.1 Å². The van der Waals surface area contributed by atoms with E-state index in [0.717, 1.165) is 17.2 Å². The second-order valence-electron chi connectivity index (χ2n) is 7.53. The molecule has 2 aromatic rings. The van der Waals surface area contributed by atoms with Gasteiger partial charge in [-0.2, -0.15) is 27.2 Å². The van der Waals surface area contributed by atoms with Crippen LogP contribution in [0.4, 0.5) is 27.8 Å². The van der Waals surface area contributed by atoms with Gasteiger partial charge < -0.3 is 4.74 Å². The zero-order valence-electron chi connectivity index (χ0n) is 17.3. The number of carbonyl (C=O) groups is 1. The Balaban J connectivity index is 2.03. The second kappa shape index (κ2) is 7.91. The monoisotopic (exact) mass is 509 g/mol. The van der Waals surface area contributed by atoms with Crippen LogP contribution < -0.4 is 9.64 Å². The normalized spacial score (nSPS) is 14.9. The molecule has 0 spiro atoms. The molecule has 0 aromatic carbocycles. The van der Waals surface area contributed by atoms with Crippen molar-refractivity contribution in [3.05, 3.63) is 33.6 Å². The number of aromatic nitrogens is 1. The van der Waals surface area contributed by atoms with Crippen molar-refractivity contribution in [1.82, 2.24) is 4.98 Å². The average molecular weight is 509 g/mol. The average Bonchev–Trinajstić information content (AvgIpc) is 3.27. The number of amides is 1. The fourth-order valence-electron chi connectivity index (χ4n) is 2.93. The molecule has 3 heterocycles. The van der Waals surface area contributed by atoms with Gasteiger partial charge in [-0.1, -0.05) is 6.92 Å². The quantitative estimate of drug-likeness (QED) is 0.534. The maximum Gasteiger partial charge on any atom is 0.458 e. The van der Waals surface area contributed by atoms with Crippen LogP contribution in [0.15, 0.2) is 23.2 Å². The fraction of sp³-hybridized carbons (Fsp3) is 0.421. The zero-order chi connectivity index (χ0) is 25.0. The van der Waals surface area contributed by atoms with E-state index >= 15 is 0 Å². The second-order valence-corrected chi connectivity index (χ2v) is 10.9. The minimum Gasteiger partial charge on any atom is -0.471 e. The molecule has 0 radical (unpaired) electrons. The zero-order valence-corrected chi connectivity index (χ0v) is 19.0. The van der Waals surface area contributed by atoms with Crippen LogP contribution in [0.2, 0.25) is 0 Å². The molecule has 0 bridgehead atoms. The van der Waals surface area contributed by atoms with Gasteiger partial charge in [0.25, 0.3) is 5.91 Å². The van der Waals surface area contributed by atoms with Crippen molar-refractivity contribution in [2.24, 2.45) is 0 Å². The molecule has 33 heavy (non-hydrogen) atoms. The number of pyridine rings is 1. The van der Waals surface area contributed by atoms with Gasteiger partial charge in [0, 0.05) is 10.9 Å². The van der Waals surface area contributed by atoms with Crippen LogP contribution in [-0.2, 0) is 22.3 Å². The third kappa shape index (κ3) is 4.39. The molecule has 0 fully saturated rings. The Bertz CT molecular complexity index is 1260. The third-order valence-corrected chi connectivity index (χ3v) is 7.59. The van der Waals surface area contributed by atoms with Gasteiger partial charge in [0.2, 0.25) is 0 Å². The molecule has 0 saturated heterocycles. The SMILES string of the molecule is CCS(=O)(=O)c1cc(OC(C)(C)C#N)cnc1N1Cc2sc(C(F)(F)C(F)(F)F)cc2C1=O. The van der Waals surface area contributed by atoms with Crippen LogP contribution in [0, 0.1) is 11.3 Å².